The Hall–Kier alpha value is -3.64. The monoisotopic (exact) mass is 542 g/mol. The van der Waals surface area contributed by atoms with Crippen molar-refractivity contribution in [3.63, 3.8) is 0 Å². The van der Waals surface area contributed by atoms with E-state index in [9.17, 15) is 19.8 Å². The number of aromatic nitrogens is 4. The van der Waals surface area contributed by atoms with Gasteiger partial charge in [0.2, 0.25) is 0 Å². The van der Waals surface area contributed by atoms with Gasteiger partial charge in [-0.05, 0) is 84.7 Å². The number of carboxylic acid groups (broad SMARTS) is 2. The van der Waals surface area contributed by atoms with Crippen LogP contribution in [0.4, 0.5) is 0 Å². The maximum absolute atomic E-state index is 11.2. The van der Waals surface area contributed by atoms with E-state index in [0.29, 0.717) is 24.2 Å². The summed E-state index contributed by atoms with van der Waals surface area (Å²) in [6.45, 7) is 0. The maximum Gasteiger partial charge on any atom is 0.303 e. The van der Waals surface area contributed by atoms with Gasteiger partial charge in [-0.15, -0.1) is 12.4 Å². The normalized spacial score (nSPS) is 11.8. The summed E-state index contributed by atoms with van der Waals surface area (Å²) < 4.78 is 0. The third-order valence-electron chi connectivity index (χ3n) is 5.68. The molecule has 4 N–H and O–H groups in total. The predicted molar refractivity (Wildman–Crippen MR) is 138 cm³/mol. The second kappa shape index (κ2) is 11.4. The molecule has 8 nitrogen and oxygen atoms in total. The Morgan fingerprint density at radius 1 is 0.750 bits per heavy atom. The van der Waals surface area contributed by atoms with Gasteiger partial charge in [0.1, 0.15) is 0 Å². The molecule has 0 aliphatic carbocycles. The number of rotatable bonds is 6. The van der Waals surface area contributed by atoms with Gasteiger partial charge in [0.25, 0.3) is 0 Å². The molecule has 2 aliphatic heterocycles. The van der Waals surface area contributed by atoms with Gasteiger partial charge in [-0.3, -0.25) is 9.59 Å². The van der Waals surface area contributed by atoms with Gasteiger partial charge >= 0.3 is 11.9 Å². The fraction of sp³-hybridized carbons (Fsp3) is 0.154. The van der Waals surface area contributed by atoms with Crippen molar-refractivity contribution in [2.45, 2.75) is 25.7 Å². The fourth-order valence-electron chi connectivity index (χ4n) is 4.10. The third-order valence-corrected chi connectivity index (χ3v) is 5.68. The number of nitrogens with zero attached hydrogens (tertiary/aromatic N) is 2. The fourth-order valence-corrected chi connectivity index (χ4v) is 4.10. The summed E-state index contributed by atoms with van der Waals surface area (Å²) in [6.07, 6.45) is 6.46. The second-order valence-electron chi connectivity index (χ2n) is 8.28. The number of aromatic amines is 2. The smallest absolute Gasteiger partial charge is 0.303 e. The van der Waals surface area contributed by atoms with E-state index in [-0.39, 0.29) is 42.6 Å². The molecule has 36 heavy (non-hydrogen) atoms. The third kappa shape index (κ3) is 6.32. The summed E-state index contributed by atoms with van der Waals surface area (Å²) in [5.74, 6) is -1.74. The molecular formula is C26H23ClCrN4O4. The molecule has 3 aromatic rings. The topological polar surface area (TPSA) is 132 Å². The number of hydrogen-bond acceptors (Lipinski definition) is 4. The Balaban J connectivity index is 0.00000180. The van der Waals surface area contributed by atoms with E-state index < -0.39 is 11.9 Å². The van der Waals surface area contributed by atoms with Gasteiger partial charge in [0.15, 0.2) is 0 Å². The Morgan fingerprint density at radius 2 is 1.36 bits per heavy atom. The van der Waals surface area contributed by atoms with Crippen molar-refractivity contribution in [2.75, 3.05) is 0 Å². The molecule has 0 saturated heterocycles. The van der Waals surface area contributed by atoms with E-state index in [1.807, 2.05) is 60.7 Å². The summed E-state index contributed by atoms with van der Waals surface area (Å²) in [7, 11) is 0. The summed E-state index contributed by atoms with van der Waals surface area (Å²) in [6, 6.07) is 13.5. The molecule has 0 unspecified atom stereocenters. The Bertz CT molecular complexity index is 1540. The van der Waals surface area contributed by atoms with Gasteiger partial charge in [0, 0.05) is 52.3 Å². The number of fused-ring (bicyclic) bond motifs is 8. The summed E-state index contributed by atoms with van der Waals surface area (Å²) in [4.78, 5) is 38.5. The van der Waals surface area contributed by atoms with Crippen LogP contribution in [0.5, 0.6) is 0 Å². The van der Waals surface area contributed by atoms with E-state index >= 15 is 0 Å². The van der Waals surface area contributed by atoms with Crippen molar-refractivity contribution in [2.24, 2.45) is 0 Å². The quantitative estimate of drug-likeness (QED) is 0.260. The number of aliphatic carboxylic acids is 2. The second-order valence-corrected chi connectivity index (χ2v) is 8.28. The number of aryl methyl sites for hydroxylation is 1. The predicted octanol–water partition coefficient (Wildman–Crippen LogP) is 5.33. The van der Waals surface area contributed by atoms with Crippen molar-refractivity contribution in [3.05, 3.63) is 70.8 Å². The molecule has 10 heteroatoms. The van der Waals surface area contributed by atoms with Crippen LogP contribution in [0.3, 0.4) is 0 Å². The summed E-state index contributed by atoms with van der Waals surface area (Å²) in [5.41, 5.74) is 7.98. The van der Waals surface area contributed by atoms with Crippen molar-refractivity contribution in [3.8, 4) is 0 Å². The average molecular weight is 543 g/mol. The maximum atomic E-state index is 11.2. The number of hydrogen-bond donors (Lipinski definition) is 4. The van der Waals surface area contributed by atoms with Crippen molar-refractivity contribution in [1.29, 1.82) is 0 Å². The molecule has 0 atom stereocenters. The molecule has 5 heterocycles. The van der Waals surface area contributed by atoms with Crippen molar-refractivity contribution < 1.29 is 37.2 Å². The number of halogens is 1. The molecule has 0 saturated carbocycles. The van der Waals surface area contributed by atoms with Gasteiger partial charge in [-0.25, -0.2) is 9.97 Å². The molecule has 5 rings (SSSR count). The molecule has 0 amide bonds. The van der Waals surface area contributed by atoms with E-state index in [4.69, 9.17) is 4.98 Å². The molecule has 0 aromatic carbocycles. The molecule has 0 fully saturated rings. The average Bonchev–Trinajstić information content (AvgIpc) is 3.55. The summed E-state index contributed by atoms with van der Waals surface area (Å²) >= 11 is 0. The SMILES string of the molecule is Cl.O=C(O)CCC1=Cc2cc3ccc(cc4nc(cc5cc(CCC(=O)O)c(cc1n2)[nH]5)C=C4)[nH]3.[Cr]. The van der Waals surface area contributed by atoms with E-state index in [2.05, 4.69) is 15.0 Å². The van der Waals surface area contributed by atoms with Crippen LogP contribution in [-0.2, 0) is 33.4 Å². The molecule has 2 aliphatic rings. The number of nitrogens with one attached hydrogen (secondary N) is 2. The van der Waals surface area contributed by atoms with Crippen LogP contribution >= 0.6 is 12.4 Å². The number of carboxylic acids is 2. The van der Waals surface area contributed by atoms with E-state index in [1.54, 1.807) is 0 Å². The zero-order valence-corrected chi connectivity index (χ0v) is 21.1. The molecule has 8 bridgehead atoms. The first kappa shape index (κ1) is 27.0. The Labute approximate surface area is 223 Å². The minimum atomic E-state index is -0.874. The molecule has 0 radical (unpaired) electrons. The molecular weight excluding hydrogens is 520 g/mol. The van der Waals surface area contributed by atoms with Crippen LogP contribution in [0.15, 0.2) is 42.5 Å². The summed E-state index contributed by atoms with van der Waals surface area (Å²) in [5, 5.41) is 18.4. The van der Waals surface area contributed by atoms with Crippen molar-refractivity contribution >= 4 is 70.2 Å². The van der Waals surface area contributed by atoms with Gasteiger partial charge in [-0.1, -0.05) is 0 Å². The number of allylic oxidation sites excluding steroid dienone is 1. The minimum Gasteiger partial charge on any atom is -0.481 e. The number of carbonyl (C=O) groups is 2. The zero-order valence-electron chi connectivity index (χ0n) is 19.0. The Kier molecular flexibility index (Phi) is 8.54. The van der Waals surface area contributed by atoms with Crippen LogP contribution in [0.1, 0.15) is 47.6 Å². The van der Waals surface area contributed by atoms with Gasteiger partial charge in [-0.2, -0.15) is 0 Å². The zero-order chi connectivity index (χ0) is 23.7. The minimum absolute atomic E-state index is 0. The first-order valence-electron chi connectivity index (χ1n) is 10.9. The van der Waals surface area contributed by atoms with Crippen LogP contribution < -0.4 is 0 Å². The molecule has 0 spiro atoms. The van der Waals surface area contributed by atoms with Gasteiger partial charge < -0.3 is 20.2 Å². The van der Waals surface area contributed by atoms with Crippen molar-refractivity contribution in [1.82, 2.24) is 19.9 Å². The first-order chi connectivity index (χ1) is 16.4. The first-order valence-corrected chi connectivity index (χ1v) is 10.9. The molecule has 3 aromatic heterocycles. The Morgan fingerprint density at radius 3 is 2.03 bits per heavy atom. The van der Waals surface area contributed by atoms with Crippen LogP contribution in [0.2, 0.25) is 0 Å². The van der Waals surface area contributed by atoms with E-state index in [0.717, 1.165) is 44.6 Å². The van der Waals surface area contributed by atoms with Gasteiger partial charge in [0.05, 0.1) is 22.8 Å². The van der Waals surface area contributed by atoms with Crippen LogP contribution in [-0.4, -0.2) is 42.1 Å². The van der Waals surface area contributed by atoms with Crippen LogP contribution in [0, 0.1) is 0 Å². The molecule has 184 valence electrons. The van der Waals surface area contributed by atoms with Crippen LogP contribution in [0.25, 0.3) is 45.9 Å². The van der Waals surface area contributed by atoms with E-state index in [1.165, 1.54) is 0 Å². The number of H-pyrrole nitrogens is 2. The largest absolute Gasteiger partial charge is 0.481 e. The standard InChI is InChI=1S/C26H22N4O4.ClH.Cr/c31-25(32)7-1-15-9-21-12-19-5-3-17(27-19)11-18-4-6-20(28-18)13-22-10-16(2-8-26(33)34)24(30-22)14-23(15)29-21;;/h3-6,9-14,27,30H,1-2,7-8H2,(H,31,32)(H,33,34);1H;.